The average molecular weight is 399 g/mol. The zero-order valence-electron chi connectivity index (χ0n) is 3.09. The summed E-state index contributed by atoms with van der Waals surface area (Å²) in [5.74, 6) is 0. The maximum absolute atomic E-state index is 8.88. The molecule has 7 heteroatoms. The monoisotopic (exact) mass is 401 g/mol. The van der Waals surface area contributed by atoms with Gasteiger partial charge in [-0.3, -0.25) is 0 Å². The molecule has 0 aliphatic rings. The summed E-state index contributed by atoms with van der Waals surface area (Å²) in [6.45, 7) is 0. The molecule has 7 heavy (non-hydrogen) atoms. The Morgan fingerprint density at radius 3 is 1.14 bits per heavy atom. The van der Waals surface area contributed by atoms with Crippen LogP contribution >= 0.6 is 7.82 Å². The van der Waals surface area contributed by atoms with Crippen LogP contribution in [0.4, 0.5) is 0 Å². The molecule has 0 aliphatic carbocycles. The van der Waals surface area contributed by atoms with Crippen LogP contribution in [0.2, 0.25) is 0 Å². The topological polar surface area (TPSA) is 77.8 Å². The molecule has 0 aliphatic heterocycles. The molecule has 0 rings (SSSR count). The molecular formula is H3DyLaO4P. The smallest absolute Gasteiger partial charge is 0.303 e. The minimum absolute atomic E-state index is 0. The summed E-state index contributed by atoms with van der Waals surface area (Å²) in [7, 11) is -4.64. The first-order valence-corrected chi connectivity index (χ1v) is 2.35. The Morgan fingerprint density at radius 1 is 1.14 bits per heavy atom. The van der Waals surface area contributed by atoms with Crippen LogP contribution < -0.4 is 0 Å². The maximum Gasteiger partial charge on any atom is 0.466 e. The van der Waals surface area contributed by atoms with Gasteiger partial charge in [0.15, 0.2) is 0 Å². The molecule has 4 nitrogen and oxygen atoms in total. The van der Waals surface area contributed by atoms with E-state index >= 15 is 0 Å². The summed E-state index contributed by atoms with van der Waals surface area (Å²) in [4.78, 5) is 21.6. The van der Waals surface area contributed by atoms with Gasteiger partial charge in [0.25, 0.3) is 0 Å². The van der Waals surface area contributed by atoms with Crippen LogP contribution in [-0.4, -0.2) is 14.7 Å². The Kier molecular flexibility index (Phi) is 15.6. The number of rotatable bonds is 0. The molecule has 0 unspecified atom stereocenters. The molecule has 0 amide bonds. The molecule has 0 bridgehead atoms. The predicted octanol–water partition coefficient (Wildman–Crippen LogP) is -0.929. The summed E-state index contributed by atoms with van der Waals surface area (Å²) in [5.41, 5.74) is 0. The van der Waals surface area contributed by atoms with E-state index in [0.717, 1.165) is 0 Å². The molecule has 3 N–H and O–H groups in total. The Balaban J connectivity index is -0.0000000800. The van der Waals surface area contributed by atoms with Gasteiger partial charge in [-0.25, -0.2) is 4.57 Å². The van der Waals surface area contributed by atoms with Gasteiger partial charge in [0.1, 0.15) is 0 Å². The standard InChI is InChI=1S/Dy.La.H3O4P/c;;1-5(2,3)4/h;;(H3,1,2,3,4). The quantitative estimate of drug-likeness (QED) is 0.460. The molecule has 45 valence electrons. The van der Waals surface area contributed by atoms with E-state index in [0.29, 0.717) is 0 Å². The summed E-state index contributed by atoms with van der Waals surface area (Å²) < 4.78 is 8.88. The van der Waals surface area contributed by atoms with Crippen molar-refractivity contribution in [3.63, 3.8) is 0 Å². The van der Waals surface area contributed by atoms with Crippen LogP contribution in [-0.2, 0) is 4.57 Å². The van der Waals surface area contributed by atoms with Gasteiger partial charge in [0.05, 0.1) is 0 Å². The van der Waals surface area contributed by atoms with Crippen LogP contribution in [0.1, 0.15) is 0 Å². The van der Waals surface area contributed by atoms with E-state index in [9.17, 15) is 0 Å². The first-order valence-electron chi connectivity index (χ1n) is 0.783. The van der Waals surface area contributed by atoms with Crippen molar-refractivity contribution in [1.29, 1.82) is 0 Å². The fraction of sp³-hybridized carbons (Fsp3) is 0. The van der Waals surface area contributed by atoms with Crippen molar-refractivity contribution in [2.45, 2.75) is 0 Å². The Labute approximate surface area is 98.9 Å². The van der Waals surface area contributed by atoms with E-state index in [4.69, 9.17) is 19.2 Å². The zero-order valence-corrected chi connectivity index (χ0v) is 9.64. The minimum atomic E-state index is -4.64. The summed E-state index contributed by atoms with van der Waals surface area (Å²) in [5, 5.41) is 0. The molecular weight excluding hydrogens is 396 g/mol. The fourth-order valence-corrected chi connectivity index (χ4v) is 0. The van der Waals surface area contributed by atoms with Crippen LogP contribution in [0.5, 0.6) is 0 Å². The Hall–Kier alpha value is 2.58. The van der Waals surface area contributed by atoms with Crippen molar-refractivity contribution in [3.8, 4) is 0 Å². The van der Waals surface area contributed by atoms with E-state index in [1.165, 1.54) is 0 Å². The van der Waals surface area contributed by atoms with Gasteiger partial charge >= 0.3 is 7.82 Å². The molecule has 0 spiro atoms. The van der Waals surface area contributed by atoms with Gasteiger partial charge in [0, 0.05) is 73.8 Å². The van der Waals surface area contributed by atoms with Crippen LogP contribution in [0.25, 0.3) is 0 Å². The van der Waals surface area contributed by atoms with E-state index < -0.39 is 7.82 Å². The third kappa shape index (κ3) is 55.9. The molecule has 0 atom stereocenters. The summed E-state index contributed by atoms with van der Waals surface area (Å²) >= 11 is 0. The largest absolute Gasteiger partial charge is 0.466 e. The maximum atomic E-state index is 8.88. The second-order valence-electron chi connectivity index (χ2n) is 0.513. The van der Waals surface area contributed by atoms with Crippen molar-refractivity contribution in [3.05, 3.63) is 0 Å². The summed E-state index contributed by atoms with van der Waals surface area (Å²) in [6, 6.07) is 0. The van der Waals surface area contributed by atoms with E-state index in [2.05, 4.69) is 0 Å². The second kappa shape index (κ2) is 6.69. The van der Waals surface area contributed by atoms with Crippen molar-refractivity contribution in [2.75, 3.05) is 0 Å². The first-order chi connectivity index (χ1) is 2.00. The summed E-state index contributed by atoms with van der Waals surface area (Å²) in [6.07, 6.45) is 0. The first kappa shape index (κ1) is 16.3. The third-order valence-electron chi connectivity index (χ3n) is 0. The Morgan fingerprint density at radius 2 is 1.14 bits per heavy atom. The van der Waals surface area contributed by atoms with Crippen LogP contribution in [0.15, 0.2) is 0 Å². The van der Waals surface area contributed by atoms with Crippen molar-refractivity contribution in [2.24, 2.45) is 0 Å². The minimum Gasteiger partial charge on any atom is -0.303 e. The van der Waals surface area contributed by atoms with Gasteiger partial charge in [-0.2, -0.15) is 0 Å². The molecule has 0 saturated carbocycles. The molecule has 0 aromatic heterocycles. The number of hydrogen-bond donors (Lipinski definition) is 3. The normalized spacial score (nSPS) is 8.43. The third-order valence-corrected chi connectivity index (χ3v) is 0. The van der Waals surface area contributed by atoms with Crippen molar-refractivity contribution < 1.29 is 93.0 Å². The zero-order chi connectivity index (χ0) is 4.50. The number of phosphoric acid groups is 1. The molecule has 0 heterocycles. The van der Waals surface area contributed by atoms with E-state index in [1.54, 1.807) is 0 Å². The van der Waals surface area contributed by atoms with Crippen LogP contribution in [0.3, 0.4) is 0 Å². The van der Waals surface area contributed by atoms with Crippen molar-refractivity contribution in [1.82, 2.24) is 0 Å². The van der Waals surface area contributed by atoms with Gasteiger partial charge in [0.2, 0.25) is 0 Å². The molecule has 0 fully saturated rings. The van der Waals surface area contributed by atoms with Crippen molar-refractivity contribution >= 4 is 7.82 Å². The van der Waals surface area contributed by atoms with Gasteiger partial charge in [-0.1, -0.05) is 0 Å². The molecule has 0 saturated heterocycles. The molecule has 0 aromatic rings. The van der Waals surface area contributed by atoms with Crippen LogP contribution in [0, 0.1) is 73.8 Å². The van der Waals surface area contributed by atoms with E-state index in [-0.39, 0.29) is 73.8 Å². The molecule has 1 radical (unpaired) electrons. The number of hydrogen-bond acceptors (Lipinski definition) is 1. The molecule has 0 aromatic carbocycles. The second-order valence-corrected chi connectivity index (χ2v) is 1.54. The van der Waals surface area contributed by atoms with Gasteiger partial charge in [-0.15, -0.1) is 0 Å². The van der Waals surface area contributed by atoms with E-state index in [1.807, 2.05) is 0 Å². The SMILES string of the molecule is O=P(O)(O)O.[Dy].[La]. The van der Waals surface area contributed by atoms with Gasteiger partial charge < -0.3 is 14.7 Å². The Bertz CT molecular complexity index is 57.8. The van der Waals surface area contributed by atoms with Gasteiger partial charge in [-0.05, 0) is 0 Å². The predicted molar refractivity (Wildman–Crippen MR) is 14.3 cm³/mol. The fourth-order valence-electron chi connectivity index (χ4n) is 0. The average Bonchev–Trinajstić information content (AvgIpc) is 0.722.